The van der Waals surface area contributed by atoms with Crippen LogP contribution in [0.15, 0.2) is 16.6 Å². The first kappa shape index (κ1) is 13.8. The molecule has 0 spiro atoms. The van der Waals surface area contributed by atoms with Crippen LogP contribution in [-0.2, 0) is 4.79 Å². The maximum Gasteiger partial charge on any atom is 0.227 e. The van der Waals surface area contributed by atoms with Crippen LogP contribution in [0.5, 0.6) is 0 Å². The van der Waals surface area contributed by atoms with Crippen LogP contribution in [0.25, 0.3) is 0 Å². The standard InChI is InChI=1S/C13H16BrClN2O/c1-7-3-10(14)12(4-11(7)15)17-13(18)8(2)9-5-16-6-9/h3-4,8-9,16H,5-6H2,1-2H3,(H,17,18). The molecular weight excluding hydrogens is 316 g/mol. The quantitative estimate of drug-likeness (QED) is 0.893. The summed E-state index contributed by atoms with van der Waals surface area (Å²) in [7, 11) is 0. The molecule has 0 aliphatic carbocycles. The highest BCUT2D eigenvalue weighted by molar-refractivity contribution is 9.10. The van der Waals surface area contributed by atoms with E-state index in [9.17, 15) is 4.79 Å². The van der Waals surface area contributed by atoms with Gasteiger partial charge < -0.3 is 10.6 Å². The van der Waals surface area contributed by atoms with Gasteiger partial charge in [-0.25, -0.2) is 0 Å². The smallest absolute Gasteiger partial charge is 0.227 e. The Kier molecular flexibility index (Phi) is 4.30. The van der Waals surface area contributed by atoms with Gasteiger partial charge in [0.2, 0.25) is 5.91 Å². The molecule has 18 heavy (non-hydrogen) atoms. The van der Waals surface area contributed by atoms with Crippen LogP contribution in [0.4, 0.5) is 5.69 Å². The Morgan fingerprint density at radius 3 is 2.78 bits per heavy atom. The number of halogens is 2. The molecule has 1 aromatic carbocycles. The molecule has 1 aliphatic rings. The molecule has 2 rings (SSSR count). The Bertz CT molecular complexity index is 474. The number of anilines is 1. The zero-order valence-electron chi connectivity index (χ0n) is 10.4. The van der Waals surface area contributed by atoms with Crippen LogP contribution in [-0.4, -0.2) is 19.0 Å². The van der Waals surface area contributed by atoms with Gasteiger partial charge >= 0.3 is 0 Å². The minimum Gasteiger partial charge on any atom is -0.325 e. The molecule has 1 atom stereocenters. The summed E-state index contributed by atoms with van der Waals surface area (Å²) >= 11 is 9.51. The van der Waals surface area contributed by atoms with E-state index in [0.29, 0.717) is 10.9 Å². The summed E-state index contributed by atoms with van der Waals surface area (Å²) in [5.74, 6) is 0.491. The topological polar surface area (TPSA) is 41.1 Å². The molecular formula is C13H16BrClN2O. The first-order valence-electron chi connectivity index (χ1n) is 5.96. The van der Waals surface area contributed by atoms with Crippen LogP contribution in [0.3, 0.4) is 0 Å². The van der Waals surface area contributed by atoms with E-state index >= 15 is 0 Å². The molecule has 0 aromatic heterocycles. The predicted octanol–water partition coefficient (Wildman–Crippen LogP) is 3.20. The summed E-state index contributed by atoms with van der Waals surface area (Å²) in [4.78, 5) is 12.1. The maximum atomic E-state index is 12.1. The predicted molar refractivity (Wildman–Crippen MR) is 78.0 cm³/mol. The minimum atomic E-state index is 0.0122. The van der Waals surface area contributed by atoms with Gasteiger partial charge in [-0.05, 0) is 59.6 Å². The van der Waals surface area contributed by atoms with Gasteiger partial charge in [0.1, 0.15) is 0 Å². The average Bonchev–Trinajstić information content (AvgIpc) is 2.23. The molecule has 0 saturated carbocycles. The zero-order valence-corrected chi connectivity index (χ0v) is 12.7. The Morgan fingerprint density at radius 2 is 2.22 bits per heavy atom. The number of amides is 1. The third kappa shape index (κ3) is 2.87. The fourth-order valence-electron chi connectivity index (χ4n) is 1.87. The van der Waals surface area contributed by atoms with E-state index in [1.54, 1.807) is 6.07 Å². The normalized spacial score (nSPS) is 17.1. The van der Waals surface area contributed by atoms with E-state index < -0.39 is 0 Å². The van der Waals surface area contributed by atoms with Crippen LogP contribution >= 0.6 is 27.5 Å². The molecule has 1 amide bonds. The summed E-state index contributed by atoms with van der Waals surface area (Å²) in [6.45, 7) is 5.74. The minimum absolute atomic E-state index is 0.0122. The average molecular weight is 332 g/mol. The van der Waals surface area contributed by atoms with Crippen molar-refractivity contribution in [2.45, 2.75) is 13.8 Å². The Morgan fingerprint density at radius 1 is 1.56 bits per heavy atom. The lowest BCUT2D eigenvalue weighted by atomic mass is 9.88. The third-order valence-corrected chi connectivity index (χ3v) is 4.50. The van der Waals surface area contributed by atoms with Crippen molar-refractivity contribution in [1.29, 1.82) is 0 Å². The van der Waals surface area contributed by atoms with Gasteiger partial charge in [-0.15, -0.1) is 0 Å². The van der Waals surface area contributed by atoms with Crippen molar-refractivity contribution < 1.29 is 4.79 Å². The Hall–Kier alpha value is -0.580. The van der Waals surface area contributed by atoms with Crippen molar-refractivity contribution in [3.8, 4) is 0 Å². The van der Waals surface area contributed by atoms with E-state index in [0.717, 1.165) is 28.8 Å². The van der Waals surface area contributed by atoms with Gasteiger partial charge in [-0.1, -0.05) is 18.5 Å². The molecule has 1 aliphatic heterocycles. The van der Waals surface area contributed by atoms with Crippen molar-refractivity contribution >= 4 is 39.1 Å². The van der Waals surface area contributed by atoms with Crippen molar-refractivity contribution in [3.05, 3.63) is 27.2 Å². The van der Waals surface area contributed by atoms with Crippen molar-refractivity contribution in [1.82, 2.24) is 5.32 Å². The molecule has 1 aromatic rings. The molecule has 1 heterocycles. The number of rotatable bonds is 3. The lowest BCUT2D eigenvalue weighted by Gasteiger charge is -2.31. The van der Waals surface area contributed by atoms with E-state index in [2.05, 4.69) is 26.6 Å². The van der Waals surface area contributed by atoms with E-state index in [1.165, 1.54) is 0 Å². The number of carbonyl (C=O) groups is 1. The van der Waals surface area contributed by atoms with Gasteiger partial charge in [0.05, 0.1) is 5.69 Å². The molecule has 0 radical (unpaired) electrons. The maximum absolute atomic E-state index is 12.1. The Labute approximate surface area is 120 Å². The Balaban J connectivity index is 2.08. The zero-order chi connectivity index (χ0) is 13.3. The monoisotopic (exact) mass is 330 g/mol. The lowest BCUT2D eigenvalue weighted by molar-refractivity contribution is -0.121. The second-order valence-electron chi connectivity index (χ2n) is 4.78. The molecule has 2 N–H and O–H groups in total. The molecule has 1 saturated heterocycles. The molecule has 1 fully saturated rings. The first-order chi connectivity index (χ1) is 8.49. The largest absolute Gasteiger partial charge is 0.325 e. The number of hydrogen-bond acceptors (Lipinski definition) is 2. The van der Waals surface area contributed by atoms with E-state index in [-0.39, 0.29) is 11.8 Å². The summed E-state index contributed by atoms with van der Waals surface area (Å²) < 4.78 is 0.858. The van der Waals surface area contributed by atoms with Gasteiger partial charge in [-0.3, -0.25) is 4.79 Å². The van der Waals surface area contributed by atoms with Crippen LogP contribution in [0, 0.1) is 18.8 Å². The van der Waals surface area contributed by atoms with Crippen molar-refractivity contribution in [3.63, 3.8) is 0 Å². The van der Waals surface area contributed by atoms with Crippen LogP contribution in [0.2, 0.25) is 5.02 Å². The first-order valence-corrected chi connectivity index (χ1v) is 7.13. The van der Waals surface area contributed by atoms with E-state index in [4.69, 9.17) is 11.6 Å². The SMILES string of the molecule is Cc1cc(Br)c(NC(=O)C(C)C2CNC2)cc1Cl. The third-order valence-electron chi connectivity index (χ3n) is 3.44. The summed E-state index contributed by atoms with van der Waals surface area (Å²) in [5.41, 5.74) is 1.72. The number of benzene rings is 1. The molecule has 1 unspecified atom stereocenters. The molecule has 3 nitrogen and oxygen atoms in total. The van der Waals surface area contributed by atoms with Crippen molar-refractivity contribution in [2.75, 3.05) is 18.4 Å². The highest BCUT2D eigenvalue weighted by Crippen LogP contribution is 2.30. The number of nitrogens with one attached hydrogen (secondary N) is 2. The fourth-order valence-corrected chi connectivity index (χ4v) is 2.59. The summed E-state index contributed by atoms with van der Waals surface area (Å²) in [6.07, 6.45) is 0. The van der Waals surface area contributed by atoms with E-state index in [1.807, 2.05) is 19.9 Å². The van der Waals surface area contributed by atoms with Gasteiger partial charge in [0.15, 0.2) is 0 Å². The van der Waals surface area contributed by atoms with Crippen LogP contribution in [0.1, 0.15) is 12.5 Å². The second-order valence-corrected chi connectivity index (χ2v) is 6.04. The molecule has 98 valence electrons. The fraction of sp³-hybridized carbons (Fsp3) is 0.462. The van der Waals surface area contributed by atoms with Gasteiger partial charge in [-0.2, -0.15) is 0 Å². The highest BCUT2D eigenvalue weighted by atomic mass is 79.9. The number of aryl methyl sites for hydroxylation is 1. The second kappa shape index (κ2) is 5.59. The van der Waals surface area contributed by atoms with Crippen molar-refractivity contribution in [2.24, 2.45) is 11.8 Å². The highest BCUT2D eigenvalue weighted by Gasteiger charge is 2.28. The van der Waals surface area contributed by atoms with Gasteiger partial charge in [0, 0.05) is 15.4 Å². The molecule has 5 heteroatoms. The van der Waals surface area contributed by atoms with Crippen LogP contribution < -0.4 is 10.6 Å². The number of hydrogen-bond donors (Lipinski definition) is 2. The summed E-state index contributed by atoms with van der Waals surface area (Å²) in [6, 6.07) is 3.69. The molecule has 0 bridgehead atoms. The van der Waals surface area contributed by atoms with Gasteiger partial charge in [0.25, 0.3) is 0 Å². The lowest BCUT2D eigenvalue weighted by Crippen LogP contribution is -2.48. The summed E-state index contributed by atoms with van der Waals surface area (Å²) in [5, 5.41) is 6.77. The number of carbonyl (C=O) groups excluding carboxylic acids is 1.